The van der Waals surface area contributed by atoms with E-state index in [-0.39, 0.29) is 25.2 Å². The lowest BCUT2D eigenvalue weighted by molar-refractivity contribution is -0.185. The van der Waals surface area contributed by atoms with Crippen molar-refractivity contribution in [3.05, 3.63) is 53.5 Å². The average molecular weight is 369 g/mol. The fourth-order valence-electron chi connectivity index (χ4n) is 2.28. The van der Waals surface area contributed by atoms with Gasteiger partial charge in [0, 0.05) is 18.8 Å². The van der Waals surface area contributed by atoms with Gasteiger partial charge in [0.05, 0.1) is 12.1 Å². The van der Waals surface area contributed by atoms with Crippen LogP contribution in [0.4, 0.5) is 18.9 Å². The largest absolute Gasteiger partial charge is 0.471 e. The van der Waals surface area contributed by atoms with Crippen LogP contribution in [0.2, 0.25) is 0 Å². The summed E-state index contributed by atoms with van der Waals surface area (Å²) in [5.41, 5.74) is 6.53. The summed E-state index contributed by atoms with van der Waals surface area (Å²) in [6.07, 6.45) is -3.66. The van der Waals surface area contributed by atoms with Gasteiger partial charge in [-0.15, -0.1) is 0 Å². The molecule has 0 aliphatic heterocycles. The number of nitrogens with zero attached hydrogens (tertiary/aromatic N) is 1. The van der Waals surface area contributed by atoms with Gasteiger partial charge in [0.15, 0.2) is 0 Å². The molecular formula is C17H18F3N3O3. The number of furan rings is 1. The van der Waals surface area contributed by atoms with E-state index >= 15 is 0 Å². The number of rotatable bonds is 6. The Kier molecular flexibility index (Phi) is 6.04. The van der Waals surface area contributed by atoms with E-state index in [0.717, 1.165) is 0 Å². The molecule has 0 fully saturated rings. The minimum Gasteiger partial charge on any atom is -0.467 e. The van der Waals surface area contributed by atoms with Gasteiger partial charge in [-0.25, -0.2) is 0 Å². The van der Waals surface area contributed by atoms with Crippen molar-refractivity contribution in [3.63, 3.8) is 0 Å². The van der Waals surface area contributed by atoms with E-state index in [1.807, 2.05) is 0 Å². The summed E-state index contributed by atoms with van der Waals surface area (Å²) >= 11 is 0. The molecule has 2 rings (SSSR count). The van der Waals surface area contributed by atoms with Crippen molar-refractivity contribution in [1.82, 2.24) is 4.90 Å². The van der Waals surface area contributed by atoms with Crippen molar-refractivity contribution < 1.29 is 27.2 Å². The molecule has 9 heteroatoms. The number of carbonyl (C=O) groups excluding carboxylic acids is 2. The lowest BCUT2D eigenvalue weighted by Gasteiger charge is -2.22. The molecule has 1 heterocycles. The van der Waals surface area contributed by atoms with E-state index < -0.39 is 18.0 Å². The van der Waals surface area contributed by atoms with Crippen LogP contribution in [0.15, 0.2) is 41.0 Å². The molecule has 0 bridgehead atoms. The molecule has 0 unspecified atom stereocenters. The zero-order valence-corrected chi connectivity index (χ0v) is 14.0. The summed E-state index contributed by atoms with van der Waals surface area (Å²) < 4.78 is 42.9. The quantitative estimate of drug-likeness (QED) is 0.819. The van der Waals surface area contributed by atoms with Gasteiger partial charge in [-0.1, -0.05) is 12.1 Å². The zero-order valence-electron chi connectivity index (χ0n) is 14.0. The maximum Gasteiger partial charge on any atom is 0.471 e. The molecule has 0 saturated heterocycles. The molecule has 2 aromatic rings. The van der Waals surface area contributed by atoms with Crippen molar-refractivity contribution in [3.8, 4) is 0 Å². The molecule has 0 spiro atoms. The van der Waals surface area contributed by atoms with Gasteiger partial charge in [-0.05, 0) is 30.7 Å². The summed E-state index contributed by atoms with van der Waals surface area (Å²) in [6.45, 7) is 1.31. The summed E-state index contributed by atoms with van der Waals surface area (Å²) in [4.78, 5) is 24.2. The number of amides is 2. The summed E-state index contributed by atoms with van der Waals surface area (Å²) in [5, 5.41) is 2.62. The molecule has 2 amide bonds. The Bertz CT molecular complexity index is 787. The van der Waals surface area contributed by atoms with Gasteiger partial charge >= 0.3 is 12.1 Å². The molecule has 0 aliphatic carbocycles. The smallest absolute Gasteiger partial charge is 0.467 e. The third kappa shape index (κ3) is 4.85. The number of benzene rings is 1. The molecular weight excluding hydrogens is 351 g/mol. The summed E-state index contributed by atoms with van der Waals surface area (Å²) in [5.74, 6) is -1.89. The molecule has 140 valence electrons. The third-order valence-corrected chi connectivity index (χ3v) is 3.59. The van der Waals surface area contributed by atoms with Crippen LogP contribution >= 0.6 is 0 Å². The molecule has 0 radical (unpaired) electrons. The Hall–Kier alpha value is -2.81. The number of hydrogen-bond acceptors (Lipinski definition) is 4. The van der Waals surface area contributed by atoms with Crippen LogP contribution in [0.25, 0.3) is 0 Å². The molecule has 1 aromatic heterocycles. The van der Waals surface area contributed by atoms with Crippen molar-refractivity contribution in [1.29, 1.82) is 0 Å². The first-order chi connectivity index (χ1) is 12.2. The van der Waals surface area contributed by atoms with Crippen molar-refractivity contribution in [2.24, 2.45) is 5.73 Å². The fourth-order valence-corrected chi connectivity index (χ4v) is 2.28. The first kappa shape index (κ1) is 19.5. The minimum atomic E-state index is -4.93. The van der Waals surface area contributed by atoms with Crippen LogP contribution in [0.1, 0.15) is 28.6 Å². The van der Waals surface area contributed by atoms with Gasteiger partial charge in [0.1, 0.15) is 12.0 Å². The highest BCUT2D eigenvalue weighted by atomic mass is 19.4. The van der Waals surface area contributed by atoms with Crippen LogP contribution < -0.4 is 11.1 Å². The van der Waals surface area contributed by atoms with Gasteiger partial charge in [-0.3, -0.25) is 9.59 Å². The zero-order chi connectivity index (χ0) is 19.3. The van der Waals surface area contributed by atoms with Crippen LogP contribution in [-0.4, -0.2) is 29.4 Å². The molecule has 1 aromatic carbocycles. The van der Waals surface area contributed by atoms with Crippen LogP contribution in [0, 0.1) is 0 Å². The Morgan fingerprint density at radius 3 is 2.58 bits per heavy atom. The highest BCUT2D eigenvalue weighted by Crippen LogP contribution is 2.21. The second-order valence-electron chi connectivity index (χ2n) is 5.48. The first-order valence-corrected chi connectivity index (χ1v) is 7.78. The number of alkyl halides is 3. The van der Waals surface area contributed by atoms with E-state index in [0.29, 0.717) is 21.9 Å². The second-order valence-corrected chi connectivity index (χ2v) is 5.48. The fraction of sp³-hybridized carbons (Fsp3) is 0.294. The topological polar surface area (TPSA) is 88.6 Å². The standard InChI is InChI=1S/C17H18F3N3O3/c1-2-23(16(25)17(18,19)20)9-11-4-3-5-13(6-11)22-15(24)12-7-14(8-21)26-10-12/h3-7,10H,2,8-9,21H2,1H3,(H,22,24). The van der Waals surface area contributed by atoms with Crippen molar-refractivity contribution in [2.45, 2.75) is 26.2 Å². The maximum atomic E-state index is 12.6. The molecule has 26 heavy (non-hydrogen) atoms. The summed E-state index contributed by atoms with van der Waals surface area (Å²) in [6, 6.07) is 7.76. The molecule has 6 nitrogen and oxygen atoms in total. The molecule has 3 N–H and O–H groups in total. The van der Waals surface area contributed by atoms with Crippen LogP contribution in [0.5, 0.6) is 0 Å². The van der Waals surface area contributed by atoms with E-state index in [1.54, 1.807) is 18.2 Å². The second kappa shape index (κ2) is 8.05. The third-order valence-electron chi connectivity index (χ3n) is 3.59. The molecule has 0 atom stereocenters. The maximum absolute atomic E-state index is 12.6. The van der Waals surface area contributed by atoms with Crippen molar-refractivity contribution >= 4 is 17.5 Å². The first-order valence-electron chi connectivity index (χ1n) is 7.78. The monoisotopic (exact) mass is 369 g/mol. The van der Waals surface area contributed by atoms with Crippen molar-refractivity contribution in [2.75, 3.05) is 11.9 Å². The minimum absolute atomic E-state index is 0.0915. The highest BCUT2D eigenvalue weighted by molar-refractivity contribution is 6.04. The van der Waals surface area contributed by atoms with Gasteiger partial charge in [0.2, 0.25) is 0 Å². The highest BCUT2D eigenvalue weighted by Gasteiger charge is 2.41. The number of hydrogen-bond donors (Lipinski definition) is 2. The lowest BCUT2D eigenvalue weighted by atomic mass is 10.1. The van der Waals surface area contributed by atoms with Gasteiger partial charge in [-0.2, -0.15) is 13.2 Å². The number of nitrogens with one attached hydrogen (secondary N) is 1. The van der Waals surface area contributed by atoms with E-state index in [2.05, 4.69) is 5.32 Å². The Balaban J connectivity index is 2.09. The SMILES string of the molecule is CCN(Cc1cccc(NC(=O)c2coc(CN)c2)c1)C(=O)C(F)(F)F. The van der Waals surface area contributed by atoms with E-state index in [1.165, 1.54) is 25.3 Å². The number of nitrogens with two attached hydrogens (primary N) is 1. The van der Waals surface area contributed by atoms with Crippen LogP contribution in [0.3, 0.4) is 0 Å². The Labute approximate surface area is 147 Å². The lowest BCUT2D eigenvalue weighted by Crippen LogP contribution is -2.40. The number of anilines is 1. The van der Waals surface area contributed by atoms with E-state index in [9.17, 15) is 22.8 Å². The Morgan fingerprint density at radius 1 is 1.27 bits per heavy atom. The molecule has 0 saturated carbocycles. The number of halogens is 3. The predicted octanol–water partition coefficient (Wildman–Crippen LogP) is 2.90. The predicted molar refractivity (Wildman–Crippen MR) is 88.1 cm³/mol. The Morgan fingerprint density at radius 2 is 2.00 bits per heavy atom. The normalized spacial score (nSPS) is 11.3. The molecule has 0 aliphatic rings. The van der Waals surface area contributed by atoms with Gasteiger partial charge < -0.3 is 20.4 Å². The number of carbonyl (C=O) groups is 2. The summed E-state index contributed by atoms with van der Waals surface area (Å²) in [7, 11) is 0. The van der Waals surface area contributed by atoms with E-state index in [4.69, 9.17) is 10.2 Å². The average Bonchev–Trinajstić information content (AvgIpc) is 3.08. The van der Waals surface area contributed by atoms with Gasteiger partial charge in [0.25, 0.3) is 5.91 Å². The van der Waals surface area contributed by atoms with Crippen LogP contribution in [-0.2, 0) is 17.9 Å².